The van der Waals surface area contributed by atoms with Gasteiger partial charge in [0.25, 0.3) is 5.56 Å². The van der Waals surface area contributed by atoms with Gasteiger partial charge in [-0.2, -0.15) is 5.10 Å². The first kappa shape index (κ1) is 15.1. The normalized spacial score (nSPS) is 11.1. The molecule has 0 aromatic carbocycles. The lowest BCUT2D eigenvalue weighted by Crippen LogP contribution is -2.23. The minimum absolute atomic E-state index is 0.132. The molecular weight excluding hydrogens is 344 g/mol. The van der Waals surface area contributed by atoms with Crippen molar-refractivity contribution in [3.63, 3.8) is 0 Å². The zero-order chi connectivity index (χ0) is 15.0. The molecule has 2 aromatic rings. The van der Waals surface area contributed by atoms with E-state index in [1.165, 1.54) is 4.57 Å². The molecule has 7 heteroatoms. The Bertz CT molecular complexity index is 720. The summed E-state index contributed by atoms with van der Waals surface area (Å²) in [6, 6.07) is 0. The first-order chi connectivity index (χ1) is 9.36. The van der Waals surface area contributed by atoms with E-state index in [0.717, 1.165) is 23.4 Å². The van der Waals surface area contributed by atoms with E-state index in [1.54, 1.807) is 17.8 Å². The maximum Gasteiger partial charge on any atom is 0.265 e. The van der Waals surface area contributed by atoms with Crippen LogP contribution < -0.4 is 11.3 Å². The van der Waals surface area contributed by atoms with Gasteiger partial charge in [-0.25, -0.2) is 0 Å². The number of pyridine rings is 1. The molecule has 0 unspecified atom stereocenters. The number of anilines is 1. The van der Waals surface area contributed by atoms with Crippen LogP contribution in [0.5, 0.6) is 0 Å². The van der Waals surface area contributed by atoms with Gasteiger partial charge >= 0.3 is 0 Å². The molecule has 108 valence electrons. The van der Waals surface area contributed by atoms with E-state index in [9.17, 15) is 4.79 Å². The van der Waals surface area contributed by atoms with Crippen molar-refractivity contribution in [2.75, 3.05) is 5.73 Å². The Morgan fingerprint density at radius 2 is 2.15 bits per heavy atom. The predicted octanol–water partition coefficient (Wildman–Crippen LogP) is 2.50. The topological polar surface area (TPSA) is 65.8 Å². The quantitative estimate of drug-likeness (QED) is 0.915. The van der Waals surface area contributed by atoms with Gasteiger partial charge in [-0.3, -0.25) is 9.48 Å². The Balaban J connectivity index is 2.51. The van der Waals surface area contributed by atoms with Gasteiger partial charge in [0.15, 0.2) is 0 Å². The summed E-state index contributed by atoms with van der Waals surface area (Å²) in [7, 11) is 1.82. The van der Waals surface area contributed by atoms with Crippen LogP contribution >= 0.6 is 27.5 Å². The lowest BCUT2D eigenvalue weighted by Gasteiger charge is -2.11. The molecule has 2 rings (SSSR count). The molecule has 0 bridgehead atoms. The molecule has 0 aliphatic heterocycles. The fourth-order valence-electron chi connectivity index (χ4n) is 2.01. The number of halogens is 2. The number of aromatic nitrogens is 3. The summed E-state index contributed by atoms with van der Waals surface area (Å²) in [6.45, 7) is 4.13. The van der Waals surface area contributed by atoms with Crippen LogP contribution in [0.25, 0.3) is 0 Å². The molecule has 0 spiro atoms. The summed E-state index contributed by atoms with van der Waals surface area (Å²) in [5, 5.41) is 4.95. The number of nitrogen functional groups attached to an aromatic ring is 1. The van der Waals surface area contributed by atoms with Gasteiger partial charge < -0.3 is 10.3 Å². The van der Waals surface area contributed by atoms with Crippen molar-refractivity contribution in [1.82, 2.24) is 14.3 Å². The summed E-state index contributed by atoms with van der Waals surface area (Å²) in [5.41, 5.74) is 8.70. The summed E-state index contributed by atoms with van der Waals surface area (Å²) in [4.78, 5) is 12.2. The summed E-state index contributed by atoms with van der Waals surface area (Å²) in [6.07, 6.45) is 2.39. The van der Waals surface area contributed by atoms with E-state index in [-0.39, 0.29) is 5.56 Å². The fraction of sp³-hybridized carbons (Fsp3) is 0.385. The van der Waals surface area contributed by atoms with Gasteiger partial charge in [0.05, 0.1) is 33.1 Å². The number of nitrogens with zero attached hydrogens (tertiary/aromatic N) is 3. The Kier molecular flexibility index (Phi) is 4.25. The zero-order valence-corrected chi connectivity index (χ0v) is 13.9. The highest BCUT2D eigenvalue weighted by Crippen LogP contribution is 2.23. The van der Waals surface area contributed by atoms with Gasteiger partial charge in [-0.15, -0.1) is 0 Å². The van der Waals surface area contributed by atoms with Crippen LogP contribution in [-0.4, -0.2) is 14.3 Å². The van der Waals surface area contributed by atoms with Gasteiger partial charge in [0.2, 0.25) is 0 Å². The molecule has 0 saturated carbocycles. The smallest absolute Gasteiger partial charge is 0.265 e. The van der Waals surface area contributed by atoms with Crippen molar-refractivity contribution >= 4 is 33.2 Å². The Labute approximate surface area is 130 Å². The molecule has 20 heavy (non-hydrogen) atoms. The average Bonchev–Trinajstić information content (AvgIpc) is 2.69. The van der Waals surface area contributed by atoms with E-state index in [2.05, 4.69) is 21.0 Å². The molecule has 2 N–H and O–H groups in total. The highest BCUT2D eigenvalue weighted by Gasteiger charge is 2.15. The lowest BCUT2D eigenvalue weighted by molar-refractivity contribution is 0.648. The largest absolute Gasteiger partial charge is 0.397 e. The molecule has 2 heterocycles. The van der Waals surface area contributed by atoms with Crippen molar-refractivity contribution in [2.45, 2.75) is 26.8 Å². The predicted molar refractivity (Wildman–Crippen MR) is 84.2 cm³/mol. The number of hydrogen-bond donors (Lipinski definition) is 1. The second kappa shape index (κ2) is 5.61. The number of nitrogens with two attached hydrogens (primary N) is 1. The summed E-state index contributed by atoms with van der Waals surface area (Å²) >= 11 is 9.58. The first-order valence-corrected chi connectivity index (χ1v) is 7.39. The van der Waals surface area contributed by atoms with Crippen LogP contribution in [-0.2, 0) is 20.0 Å². The van der Waals surface area contributed by atoms with Crippen molar-refractivity contribution < 1.29 is 0 Å². The van der Waals surface area contributed by atoms with Crippen LogP contribution in [0.1, 0.15) is 23.9 Å². The third-order valence-electron chi connectivity index (χ3n) is 3.33. The second-order valence-corrected chi connectivity index (χ2v) is 5.81. The molecule has 0 fully saturated rings. The van der Waals surface area contributed by atoms with E-state index < -0.39 is 0 Å². The van der Waals surface area contributed by atoms with Crippen LogP contribution in [0.2, 0.25) is 5.02 Å². The SMILES string of the molecule is CCc1nn(C)c(Cn2cc(N)c(C)c(Br)c2=O)c1Cl. The van der Waals surface area contributed by atoms with Gasteiger partial charge in [-0.05, 0) is 34.8 Å². The number of hydrogen-bond acceptors (Lipinski definition) is 3. The van der Waals surface area contributed by atoms with Crippen molar-refractivity contribution in [3.8, 4) is 0 Å². The van der Waals surface area contributed by atoms with Crippen LogP contribution in [0.3, 0.4) is 0 Å². The first-order valence-electron chi connectivity index (χ1n) is 6.22. The number of rotatable bonds is 3. The van der Waals surface area contributed by atoms with Crippen LogP contribution in [0, 0.1) is 6.92 Å². The standard InChI is InChI=1S/C13H16BrClN4O/c1-4-9-12(15)10(18(3)17-9)6-19-5-8(16)7(2)11(14)13(19)20/h5H,4,6,16H2,1-3H3. The zero-order valence-electron chi connectivity index (χ0n) is 11.6. The molecule has 0 aliphatic rings. The lowest BCUT2D eigenvalue weighted by atomic mass is 10.2. The summed E-state index contributed by atoms with van der Waals surface area (Å²) < 4.78 is 3.72. The fourth-order valence-corrected chi connectivity index (χ4v) is 2.82. The third-order valence-corrected chi connectivity index (χ3v) is 4.70. The highest BCUT2D eigenvalue weighted by molar-refractivity contribution is 9.10. The molecule has 0 amide bonds. The van der Waals surface area contributed by atoms with E-state index in [1.807, 2.05) is 14.0 Å². The van der Waals surface area contributed by atoms with Crippen molar-refractivity contribution in [2.24, 2.45) is 7.05 Å². The second-order valence-electron chi connectivity index (χ2n) is 4.64. The van der Waals surface area contributed by atoms with Crippen LogP contribution in [0.4, 0.5) is 5.69 Å². The van der Waals surface area contributed by atoms with Gasteiger partial charge in [0.1, 0.15) is 0 Å². The van der Waals surface area contributed by atoms with E-state index in [0.29, 0.717) is 21.7 Å². The maximum absolute atomic E-state index is 12.2. The van der Waals surface area contributed by atoms with Gasteiger partial charge in [0, 0.05) is 13.2 Å². The Hall–Kier alpha value is -1.27. The van der Waals surface area contributed by atoms with E-state index in [4.69, 9.17) is 17.3 Å². The van der Waals surface area contributed by atoms with Crippen LogP contribution in [0.15, 0.2) is 15.5 Å². The highest BCUT2D eigenvalue weighted by atomic mass is 79.9. The molecule has 0 aliphatic carbocycles. The monoisotopic (exact) mass is 358 g/mol. The molecule has 5 nitrogen and oxygen atoms in total. The summed E-state index contributed by atoms with van der Waals surface area (Å²) in [5.74, 6) is 0. The minimum Gasteiger partial charge on any atom is -0.397 e. The molecule has 0 atom stereocenters. The van der Waals surface area contributed by atoms with Crippen molar-refractivity contribution in [1.29, 1.82) is 0 Å². The van der Waals surface area contributed by atoms with E-state index >= 15 is 0 Å². The van der Waals surface area contributed by atoms with Crippen molar-refractivity contribution in [3.05, 3.63) is 43.0 Å². The molecule has 0 radical (unpaired) electrons. The van der Waals surface area contributed by atoms with Gasteiger partial charge in [-0.1, -0.05) is 18.5 Å². The maximum atomic E-state index is 12.2. The molecule has 2 aromatic heterocycles. The minimum atomic E-state index is -0.132. The number of aryl methyl sites for hydroxylation is 2. The Morgan fingerprint density at radius 1 is 1.50 bits per heavy atom. The average molecular weight is 360 g/mol. The molecular formula is C13H16BrClN4O. The Morgan fingerprint density at radius 3 is 2.70 bits per heavy atom. The third kappa shape index (κ3) is 2.50. The molecule has 0 saturated heterocycles.